The van der Waals surface area contributed by atoms with Gasteiger partial charge in [-0.25, -0.2) is 4.72 Å². The van der Waals surface area contributed by atoms with Crippen LogP contribution in [0.2, 0.25) is 0 Å². The number of benzene rings is 1. The Bertz CT molecular complexity index is 359. The summed E-state index contributed by atoms with van der Waals surface area (Å²) in [4.78, 5) is 0. The first kappa shape index (κ1) is 9.52. The molecule has 0 aromatic heterocycles. The van der Waals surface area contributed by atoms with Gasteiger partial charge in [-0.05, 0) is 23.1 Å². The van der Waals surface area contributed by atoms with E-state index in [9.17, 15) is 0 Å². The Morgan fingerprint density at radius 3 is 2.71 bits per heavy atom. The molecule has 14 heavy (non-hydrogen) atoms. The maximum atomic E-state index is 6.00. The summed E-state index contributed by atoms with van der Waals surface area (Å²) in [5, 5.41) is 1.95. The van der Waals surface area contributed by atoms with Crippen molar-refractivity contribution in [2.75, 3.05) is 0 Å². The van der Waals surface area contributed by atoms with Gasteiger partial charge in [-0.2, -0.15) is 0 Å². The second kappa shape index (κ2) is 4.00. The Morgan fingerprint density at radius 2 is 2.07 bits per heavy atom. The van der Waals surface area contributed by atoms with E-state index < -0.39 is 5.66 Å². The predicted molar refractivity (Wildman–Crippen MR) is 62.3 cm³/mol. The molecule has 0 spiro atoms. The van der Waals surface area contributed by atoms with Gasteiger partial charge >= 0.3 is 0 Å². The Balaban J connectivity index is 2.11. The second-order valence-electron chi connectivity index (χ2n) is 3.20. The van der Waals surface area contributed by atoms with Crippen LogP contribution in [-0.2, 0) is 0 Å². The van der Waals surface area contributed by atoms with Crippen molar-refractivity contribution in [1.82, 2.24) is 4.72 Å². The highest BCUT2D eigenvalue weighted by Crippen LogP contribution is 2.18. The molecule has 1 atom stereocenters. The first-order valence-corrected chi connectivity index (χ1v) is 5.30. The third kappa shape index (κ3) is 2.26. The van der Waals surface area contributed by atoms with Gasteiger partial charge in [0.15, 0.2) is 0 Å². The molecule has 2 nitrogen and oxygen atoms in total. The van der Waals surface area contributed by atoms with Gasteiger partial charge in [0.1, 0.15) is 5.66 Å². The van der Waals surface area contributed by atoms with Gasteiger partial charge in [0.2, 0.25) is 0 Å². The molecule has 0 radical (unpaired) electrons. The maximum absolute atomic E-state index is 6.00. The highest BCUT2D eigenvalue weighted by molar-refractivity contribution is 8.00. The molecule has 3 N–H and O–H groups in total. The van der Waals surface area contributed by atoms with Crippen LogP contribution in [-0.4, -0.2) is 5.66 Å². The monoisotopic (exact) mass is 204 g/mol. The van der Waals surface area contributed by atoms with E-state index in [2.05, 4.69) is 4.72 Å². The van der Waals surface area contributed by atoms with Gasteiger partial charge in [0.25, 0.3) is 0 Å². The molecular formula is C11H12N2S. The highest BCUT2D eigenvalue weighted by Gasteiger charge is 2.20. The number of hydrogen-bond acceptors (Lipinski definition) is 3. The van der Waals surface area contributed by atoms with Gasteiger partial charge in [-0.3, -0.25) is 0 Å². The molecule has 0 saturated heterocycles. The zero-order chi connectivity index (χ0) is 9.86. The van der Waals surface area contributed by atoms with E-state index in [0.717, 1.165) is 5.56 Å². The third-order valence-corrected chi connectivity index (χ3v) is 2.74. The average molecular weight is 204 g/mol. The molecule has 0 amide bonds. The molecular weight excluding hydrogens is 192 g/mol. The molecule has 72 valence electrons. The maximum Gasteiger partial charge on any atom is 0.115 e. The SMILES string of the molecule is NC1(/C=C/c2ccccc2)C=CSN1. The summed E-state index contributed by atoms with van der Waals surface area (Å²) in [5.74, 6) is 0. The fourth-order valence-corrected chi connectivity index (χ4v) is 1.91. The number of hydrogen-bond donors (Lipinski definition) is 2. The molecule has 1 aromatic carbocycles. The van der Waals surface area contributed by atoms with Crippen LogP contribution in [0, 0.1) is 0 Å². The van der Waals surface area contributed by atoms with E-state index in [1.165, 1.54) is 11.9 Å². The standard InChI is InChI=1S/C11H12N2S/c12-11(8-9-14-13-11)7-6-10-4-2-1-3-5-10/h1-9,13H,12H2/b7-6+. The van der Waals surface area contributed by atoms with Crippen molar-refractivity contribution >= 4 is 18.0 Å². The summed E-state index contributed by atoms with van der Waals surface area (Å²) >= 11 is 1.51. The fraction of sp³-hybridized carbons (Fsp3) is 0.0909. The van der Waals surface area contributed by atoms with Crippen molar-refractivity contribution in [3.63, 3.8) is 0 Å². The van der Waals surface area contributed by atoms with E-state index in [1.807, 2.05) is 54.0 Å². The van der Waals surface area contributed by atoms with Crippen molar-refractivity contribution < 1.29 is 0 Å². The molecule has 3 heteroatoms. The lowest BCUT2D eigenvalue weighted by Crippen LogP contribution is -2.43. The first-order valence-electron chi connectivity index (χ1n) is 4.42. The van der Waals surface area contributed by atoms with Gasteiger partial charge in [0, 0.05) is 0 Å². The Labute approximate surface area is 88.0 Å². The topological polar surface area (TPSA) is 38.0 Å². The minimum absolute atomic E-state index is 0.499. The lowest BCUT2D eigenvalue weighted by Gasteiger charge is -2.16. The predicted octanol–water partition coefficient (Wildman–Crippen LogP) is 2.12. The summed E-state index contributed by atoms with van der Waals surface area (Å²) in [5.41, 5.74) is 6.66. The summed E-state index contributed by atoms with van der Waals surface area (Å²) in [6, 6.07) is 10.1. The molecule has 1 unspecified atom stereocenters. The molecule has 0 aliphatic carbocycles. The summed E-state index contributed by atoms with van der Waals surface area (Å²) < 4.78 is 3.10. The van der Waals surface area contributed by atoms with Crippen LogP contribution in [0.1, 0.15) is 5.56 Å². The van der Waals surface area contributed by atoms with E-state index in [1.54, 1.807) is 0 Å². The van der Waals surface area contributed by atoms with Crippen molar-refractivity contribution in [3.8, 4) is 0 Å². The van der Waals surface area contributed by atoms with E-state index in [4.69, 9.17) is 5.73 Å². The molecule has 1 aliphatic heterocycles. The second-order valence-corrected chi connectivity index (χ2v) is 3.91. The van der Waals surface area contributed by atoms with Gasteiger partial charge < -0.3 is 5.73 Å². The fourth-order valence-electron chi connectivity index (χ4n) is 1.20. The van der Waals surface area contributed by atoms with Crippen LogP contribution in [0.15, 0.2) is 47.9 Å². The van der Waals surface area contributed by atoms with Crippen molar-refractivity contribution in [2.45, 2.75) is 5.66 Å². The number of nitrogens with two attached hydrogens (primary N) is 1. The number of nitrogens with one attached hydrogen (secondary N) is 1. The van der Waals surface area contributed by atoms with E-state index in [0.29, 0.717) is 0 Å². The van der Waals surface area contributed by atoms with Gasteiger partial charge in [-0.1, -0.05) is 48.4 Å². The largest absolute Gasteiger partial charge is 0.306 e. The minimum atomic E-state index is -0.499. The van der Waals surface area contributed by atoms with Crippen LogP contribution in [0.5, 0.6) is 0 Å². The van der Waals surface area contributed by atoms with Crippen LogP contribution >= 0.6 is 11.9 Å². The van der Waals surface area contributed by atoms with Crippen molar-refractivity contribution in [3.05, 3.63) is 53.5 Å². The zero-order valence-corrected chi connectivity index (χ0v) is 8.50. The van der Waals surface area contributed by atoms with Gasteiger partial charge in [-0.15, -0.1) is 0 Å². The Hall–Kier alpha value is -1.03. The quantitative estimate of drug-likeness (QED) is 0.725. The van der Waals surface area contributed by atoms with Crippen LogP contribution in [0.3, 0.4) is 0 Å². The minimum Gasteiger partial charge on any atom is -0.306 e. The first-order chi connectivity index (χ1) is 6.79. The van der Waals surface area contributed by atoms with Gasteiger partial charge in [0.05, 0.1) is 0 Å². The number of rotatable bonds is 2. The molecule has 0 fully saturated rings. The summed E-state index contributed by atoms with van der Waals surface area (Å²) in [7, 11) is 0. The normalized spacial score (nSPS) is 26.1. The lowest BCUT2D eigenvalue weighted by atomic mass is 10.1. The lowest BCUT2D eigenvalue weighted by molar-refractivity contribution is 0.655. The summed E-state index contributed by atoms with van der Waals surface area (Å²) in [6.45, 7) is 0. The van der Waals surface area contributed by atoms with Crippen molar-refractivity contribution in [2.24, 2.45) is 5.73 Å². The van der Waals surface area contributed by atoms with Crippen molar-refractivity contribution in [1.29, 1.82) is 0 Å². The molecule has 1 aliphatic rings. The van der Waals surface area contributed by atoms with E-state index in [-0.39, 0.29) is 0 Å². The van der Waals surface area contributed by atoms with Crippen LogP contribution in [0.4, 0.5) is 0 Å². The molecule has 0 saturated carbocycles. The molecule has 2 rings (SSSR count). The Morgan fingerprint density at radius 1 is 1.29 bits per heavy atom. The molecule has 0 bridgehead atoms. The Kier molecular flexibility index (Phi) is 2.72. The smallest absolute Gasteiger partial charge is 0.115 e. The van der Waals surface area contributed by atoms with E-state index >= 15 is 0 Å². The third-order valence-electron chi connectivity index (χ3n) is 2.00. The highest BCUT2D eigenvalue weighted by atomic mass is 32.2. The molecule has 1 aromatic rings. The molecule has 1 heterocycles. The summed E-state index contributed by atoms with van der Waals surface area (Å²) in [6.07, 6.45) is 5.92. The zero-order valence-electron chi connectivity index (χ0n) is 7.68. The van der Waals surface area contributed by atoms with Crippen LogP contribution in [0.25, 0.3) is 6.08 Å². The van der Waals surface area contributed by atoms with Crippen LogP contribution < -0.4 is 10.5 Å². The average Bonchev–Trinajstić information content (AvgIpc) is 2.65.